The average Bonchev–Trinajstić information content (AvgIpc) is 0.792. The van der Waals surface area contributed by atoms with Gasteiger partial charge < -0.3 is 89.9 Å². The van der Waals surface area contributed by atoms with Gasteiger partial charge in [0, 0.05) is 6.42 Å². The Hall–Kier alpha value is -2.25. The maximum absolute atomic E-state index is 13.5. The highest BCUT2D eigenvalue weighted by Crippen LogP contribution is 2.33. The van der Waals surface area contributed by atoms with Crippen molar-refractivity contribution < 1.29 is 89.4 Å². The number of amides is 1. The van der Waals surface area contributed by atoms with Crippen molar-refractivity contribution in [1.29, 1.82) is 0 Å². The van der Waals surface area contributed by atoms with Crippen LogP contribution >= 0.6 is 0 Å². The van der Waals surface area contributed by atoms with E-state index in [0.29, 0.717) is 6.42 Å². The summed E-state index contributed by atoms with van der Waals surface area (Å²) in [4.78, 5) is 13.5. The van der Waals surface area contributed by atoms with Crippen LogP contribution in [0.15, 0.2) is 48.6 Å². The number of carbonyl (C=O) groups excluding carboxylic acids is 1. The summed E-state index contributed by atoms with van der Waals surface area (Å²) in [6.45, 7) is 1.77. The Morgan fingerprint density at radius 2 is 0.653 bits per heavy atom. The van der Waals surface area contributed by atoms with Gasteiger partial charge in [-0.1, -0.05) is 319 Å². The minimum atomic E-state index is -1.98. The molecule has 3 saturated heterocycles. The summed E-state index contributed by atoms with van der Waals surface area (Å²) in [5.41, 5.74) is 0. The third-order valence-electron chi connectivity index (χ3n) is 20.6. The van der Waals surface area contributed by atoms with Crippen molar-refractivity contribution in [3.8, 4) is 0 Å². The van der Waals surface area contributed by atoms with Crippen LogP contribution in [0.4, 0.5) is 0 Å². The summed E-state index contributed by atoms with van der Waals surface area (Å²) in [5, 5.41) is 121. The molecule has 3 rings (SSSR count). The van der Waals surface area contributed by atoms with Gasteiger partial charge in [-0.15, -0.1) is 0 Å². The van der Waals surface area contributed by atoms with Gasteiger partial charge >= 0.3 is 0 Å². The summed E-state index contributed by atoms with van der Waals surface area (Å²) >= 11 is 0. The highest BCUT2D eigenvalue weighted by atomic mass is 16.8. The van der Waals surface area contributed by atoms with Crippen LogP contribution in [0.1, 0.15) is 335 Å². The quantitative estimate of drug-likeness (QED) is 0.0199. The summed E-state index contributed by atoms with van der Waals surface area (Å²) in [6.07, 6.45) is 52.4. The first-order valence-corrected chi connectivity index (χ1v) is 41.4. The number of aliphatic hydroxyl groups is 11. The van der Waals surface area contributed by atoms with Crippen LogP contribution in [0.25, 0.3) is 0 Å². The van der Waals surface area contributed by atoms with Crippen LogP contribution < -0.4 is 5.32 Å². The van der Waals surface area contributed by atoms with Gasteiger partial charge in [0.05, 0.1) is 38.6 Å². The maximum atomic E-state index is 13.5. The molecule has 17 unspecified atom stereocenters. The van der Waals surface area contributed by atoms with Crippen molar-refractivity contribution in [3.05, 3.63) is 48.6 Å². The van der Waals surface area contributed by atoms with Crippen molar-refractivity contribution >= 4 is 5.91 Å². The lowest BCUT2D eigenvalue weighted by molar-refractivity contribution is -0.379. The van der Waals surface area contributed by atoms with Gasteiger partial charge in [-0.3, -0.25) is 4.79 Å². The van der Waals surface area contributed by atoms with E-state index in [2.05, 4.69) is 55.6 Å². The smallest absolute Gasteiger partial charge is 0.220 e. The van der Waals surface area contributed by atoms with E-state index in [0.717, 1.165) is 57.8 Å². The van der Waals surface area contributed by atoms with Crippen molar-refractivity contribution in [3.63, 3.8) is 0 Å². The van der Waals surface area contributed by atoms with Crippen molar-refractivity contribution in [1.82, 2.24) is 5.32 Å². The first kappa shape index (κ1) is 93.0. The molecule has 3 heterocycles. The monoisotopic (exact) mass is 1440 g/mol. The number of nitrogens with one attached hydrogen (secondary N) is 1. The van der Waals surface area contributed by atoms with E-state index in [-0.39, 0.29) is 18.9 Å². The predicted octanol–water partition coefficient (Wildman–Crippen LogP) is 14.1. The summed E-state index contributed by atoms with van der Waals surface area (Å²) in [5.74, 6) is -0.271. The second-order valence-corrected chi connectivity index (χ2v) is 29.6. The number of allylic oxidation sites excluding steroid dienone is 7. The Kier molecular flexibility index (Phi) is 57.8. The number of hydrogen-bond acceptors (Lipinski definition) is 18. The molecule has 3 aliphatic rings. The van der Waals surface area contributed by atoms with Gasteiger partial charge in [0.2, 0.25) is 5.91 Å². The second-order valence-electron chi connectivity index (χ2n) is 29.6. The molecule has 0 aromatic rings. The van der Waals surface area contributed by atoms with E-state index in [1.807, 2.05) is 6.08 Å². The van der Waals surface area contributed by atoms with Crippen LogP contribution in [0.5, 0.6) is 0 Å². The van der Waals surface area contributed by atoms with E-state index in [9.17, 15) is 61.0 Å². The molecular formula is C82H151NO18. The minimum Gasteiger partial charge on any atom is -0.394 e. The van der Waals surface area contributed by atoms with E-state index < -0.39 is 124 Å². The Bertz CT molecular complexity index is 2010. The fraction of sp³-hybridized carbons (Fsp3) is 0.890. The molecule has 3 aliphatic heterocycles. The van der Waals surface area contributed by atoms with Crippen LogP contribution in [0.2, 0.25) is 0 Å². The molecule has 3 fully saturated rings. The maximum Gasteiger partial charge on any atom is 0.220 e. The number of hydrogen-bond donors (Lipinski definition) is 12. The van der Waals surface area contributed by atoms with E-state index >= 15 is 0 Å². The standard InChI is InChI=1S/C82H151NO18/c1-3-5-7-9-11-13-15-17-19-21-23-25-27-29-30-31-32-33-34-36-38-40-42-44-46-48-50-52-54-56-58-60-70(88)83-65(66(87)59-57-55-53-51-49-47-45-43-41-39-37-35-28-26-24-22-20-18-16-14-12-10-8-6-4-2)64-96-80-76(94)73(91)78(68(62-85)98-80)101-82-77(95)74(92)79(69(63-86)99-82)100-81-75(93)72(90)71(89)67(61-84)97-81/h15,17,21,23,27,29,57,59,65-69,71-82,84-87,89-95H,3-14,16,18-20,22,24-26,28,30-56,58,60-64H2,1-2H3,(H,83,88)/b17-15-,23-21-,29-27-,59-57+. The summed E-state index contributed by atoms with van der Waals surface area (Å²) in [7, 11) is 0. The molecule has 0 aliphatic carbocycles. The zero-order valence-corrected chi connectivity index (χ0v) is 63.4. The number of ether oxygens (including phenoxy) is 6. The Morgan fingerprint density at radius 1 is 0.356 bits per heavy atom. The largest absolute Gasteiger partial charge is 0.394 e. The van der Waals surface area contributed by atoms with Crippen LogP contribution in [-0.4, -0.2) is 193 Å². The van der Waals surface area contributed by atoms with Crippen molar-refractivity contribution in [2.45, 2.75) is 439 Å². The third-order valence-corrected chi connectivity index (χ3v) is 20.6. The van der Waals surface area contributed by atoms with E-state index in [1.165, 1.54) is 250 Å². The highest BCUT2D eigenvalue weighted by Gasteiger charge is 2.54. The SMILES string of the molecule is CCCCCCC/C=C\C/C=C\C/C=C\CCCCCCCCCCCCCCCCCCC(=O)NC(COC1OC(CO)C(OC2OC(CO)C(OC3OC(CO)C(O)C(O)C3O)C(O)C2O)C(O)C1O)C(O)/C=C/CCCCCCCCCCCCCCCCCCCCCCCCC. The number of rotatable bonds is 66. The topological polar surface area (TPSA) is 307 Å². The second kappa shape index (κ2) is 62.8. The van der Waals surface area contributed by atoms with E-state index in [1.54, 1.807) is 6.08 Å². The Labute approximate surface area is 612 Å². The first-order chi connectivity index (χ1) is 49.3. The van der Waals surface area contributed by atoms with Crippen LogP contribution in [-0.2, 0) is 33.2 Å². The lowest BCUT2D eigenvalue weighted by Gasteiger charge is -2.48. The van der Waals surface area contributed by atoms with Gasteiger partial charge in [0.1, 0.15) is 73.2 Å². The van der Waals surface area contributed by atoms with Gasteiger partial charge in [-0.25, -0.2) is 0 Å². The molecule has 19 nitrogen and oxygen atoms in total. The molecule has 101 heavy (non-hydrogen) atoms. The molecule has 0 bridgehead atoms. The zero-order valence-electron chi connectivity index (χ0n) is 63.4. The average molecular weight is 1440 g/mol. The molecule has 17 atom stereocenters. The molecule has 12 N–H and O–H groups in total. The lowest BCUT2D eigenvalue weighted by Crippen LogP contribution is -2.66. The number of aliphatic hydroxyl groups excluding tert-OH is 11. The van der Waals surface area contributed by atoms with E-state index in [4.69, 9.17) is 28.4 Å². The van der Waals surface area contributed by atoms with Gasteiger partial charge in [0.25, 0.3) is 0 Å². The minimum absolute atomic E-state index is 0.244. The fourth-order valence-corrected chi connectivity index (χ4v) is 14.0. The summed E-state index contributed by atoms with van der Waals surface area (Å²) in [6, 6.07) is -0.975. The predicted molar refractivity (Wildman–Crippen MR) is 402 cm³/mol. The summed E-state index contributed by atoms with van der Waals surface area (Å²) < 4.78 is 34.5. The Morgan fingerprint density at radius 3 is 1.02 bits per heavy atom. The molecule has 19 heteroatoms. The number of unbranched alkanes of at least 4 members (excludes halogenated alkanes) is 44. The van der Waals surface area contributed by atoms with Crippen molar-refractivity contribution in [2.75, 3.05) is 26.4 Å². The van der Waals surface area contributed by atoms with Gasteiger partial charge in [-0.05, 0) is 57.8 Å². The molecule has 0 radical (unpaired) electrons. The normalized spacial score (nSPS) is 26.5. The molecule has 0 spiro atoms. The number of carbonyl (C=O) groups is 1. The van der Waals surface area contributed by atoms with Crippen LogP contribution in [0, 0.1) is 0 Å². The molecule has 1 amide bonds. The Balaban J connectivity index is 1.37. The zero-order chi connectivity index (χ0) is 73.2. The molecule has 0 aromatic heterocycles. The molecule has 0 saturated carbocycles. The first-order valence-electron chi connectivity index (χ1n) is 41.4. The highest BCUT2D eigenvalue weighted by molar-refractivity contribution is 5.76. The molecule has 0 aromatic carbocycles. The van der Waals surface area contributed by atoms with Crippen LogP contribution in [0.3, 0.4) is 0 Å². The molecule has 592 valence electrons. The van der Waals surface area contributed by atoms with Gasteiger partial charge in [0.15, 0.2) is 18.9 Å². The molecular weight excluding hydrogens is 1290 g/mol. The lowest BCUT2D eigenvalue weighted by atomic mass is 9.96. The van der Waals surface area contributed by atoms with Gasteiger partial charge in [-0.2, -0.15) is 0 Å². The van der Waals surface area contributed by atoms with Crippen molar-refractivity contribution in [2.24, 2.45) is 0 Å². The third kappa shape index (κ3) is 42.8. The fourth-order valence-electron chi connectivity index (χ4n) is 14.0.